The van der Waals surface area contributed by atoms with Gasteiger partial charge in [-0.2, -0.15) is 36.9 Å². The maximum absolute atomic E-state index is 10.7. The number of nitrogens with zero attached hydrogens (tertiary/aromatic N) is 9. The van der Waals surface area contributed by atoms with Gasteiger partial charge in [0.15, 0.2) is 20.2 Å². The first-order valence-electron chi connectivity index (χ1n) is 17.2. The number of benzene rings is 3. The zero-order valence-corrected chi connectivity index (χ0v) is 38.0. The Morgan fingerprint density at radius 1 is 0.565 bits per heavy atom. The third-order valence-electron chi connectivity index (χ3n) is 7.81. The molecule has 6 aromatic rings. The average Bonchev–Trinajstić information content (AvgIpc) is 3.80. The van der Waals surface area contributed by atoms with Crippen LogP contribution in [0, 0.1) is 22.7 Å². The molecule has 0 bridgehead atoms. The fourth-order valence-corrected chi connectivity index (χ4v) is 5.56. The molecule has 3 aromatic heterocycles. The van der Waals surface area contributed by atoms with Crippen LogP contribution in [0.15, 0.2) is 72.8 Å². The number of hydrogen-bond acceptors (Lipinski definition) is 12. The predicted molar refractivity (Wildman–Crippen MR) is 209 cm³/mol. The molecule has 0 aliphatic rings. The van der Waals surface area contributed by atoms with Crippen molar-refractivity contribution in [2.45, 2.75) is 84.9 Å². The normalized spacial score (nSPS) is 11.0. The number of halogens is 8. The van der Waals surface area contributed by atoms with E-state index in [1.165, 1.54) is 30.4 Å². The topological polar surface area (TPSA) is 219 Å². The van der Waals surface area contributed by atoms with Gasteiger partial charge >= 0.3 is 34.9 Å². The summed E-state index contributed by atoms with van der Waals surface area (Å²) >= 11 is 0. The Balaban J connectivity index is 0. The summed E-state index contributed by atoms with van der Waals surface area (Å²) in [6, 6.07) is 28.7. The van der Waals surface area contributed by atoms with Crippen molar-refractivity contribution in [2.75, 3.05) is 0 Å². The summed E-state index contributed by atoms with van der Waals surface area (Å²) in [4.78, 5) is 17.6. The first-order chi connectivity index (χ1) is 27.5. The Hall–Kier alpha value is -4.93. The van der Waals surface area contributed by atoms with Gasteiger partial charge in [0.25, 0.3) is 0 Å². The minimum Gasteiger partial charge on any atom is -1.00 e. The molecule has 62 heavy (non-hydrogen) atoms. The molecule has 0 saturated carbocycles. The van der Waals surface area contributed by atoms with Crippen molar-refractivity contribution in [3.05, 3.63) is 90.3 Å². The van der Waals surface area contributed by atoms with Gasteiger partial charge in [0, 0.05) is 33.5 Å². The van der Waals surface area contributed by atoms with Gasteiger partial charge in [-0.15, -0.1) is 0 Å². The van der Waals surface area contributed by atoms with Crippen LogP contribution in [-0.4, -0.2) is 94.4 Å². The van der Waals surface area contributed by atoms with E-state index in [2.05, 4.69) is 112 Å². The van der Waals surface area contributed by atoms with E-state index in [1.54, 1.807) is 12.1 Å². The van der Waals surface area contributed by atoms with Gasteiger partial charge in [0.2, 0.25) is 0 Å². The van der Waals surface area contributed by atoms with Crippen LogP contribution in [0.5, 0.6) is 0 Å². The second-order valence-corrected chi connectivity index (χ2v) is 14.4. The number of rotatable bonds is 9. The molecule has 15 nitrogen and oxygen atoms in total. The van der Waals surface area contributed by atoms with Crippen LogP contribution in [0.1, 0.15) is 52.1 Å². The van der Waals surface area contributed by atoms with Crippen LogP contribution >= 0.6 is 0 Å². The van der Waals surface area contributed by atoms with Gasteiger partial charge < -0.3 is 32.2 Å². The van der Waals surface area contributed by atoms with Crippen molar-refractivity contribution in [1.82, 2.24) is 33.6 Å². The summed E-state index contributed by atoms with van der Waals surface area (Å²) in [6.45, 7) is 14.2. The maximum atomic E-state index is 10.7. The Bertz CT molecular complexity index is 2370. The van der Waals surface area contributed by atoms with Crippen LogP contribution in [0.4, 0.5) is 26.3 Å². The molecule has 3 aromatic carbocycles. The number of imidazole rings is 3. The molecule has 0 N–H and O–H groups in total. The van der Waals surface area contributed by atoms with E-state index in [4.69, 9.17) is 51.4 Å². The molecule has 0 aliphatic heterocycles. The number of aromatic nitrogens is 6. The Morgan fingerprint density at radius 2 is 0.758 bits per heavy atom. The minimum atomic E-state index is -6.09. The maximum Gasteiger partial charge on any atom is 4.00 e. The van der Waals surface area contributed by atoms with Crippen molar-refractivity contribution in [1.29, 1.82) is 10.5 Å². The van der Waals surface area contributed by atoms with Crippen molar-refractivity contribution < 1.29 is 61.7 Å². The van der Waals surface area contributed by atoms with Gasteiger partial charge in [-0.05, 0) is 57.2 Å². The zero-order valence-electron chi connectivity index (χ0n) is 33.5. The fraction of sp³-hybridized carbons (Fsp3) is 0.361. The number of alkyl halides is 6. The van der Waals surface area contributed by atoms with E-state index in [0.29, 0.717) is 19.6 Å². The largest absolute Gasteiger partial charge is 4.00 e. The van der Waals surface area contributed by atoms with Crippen LogP contribution in [-0.2, 0) is 59.5 Å². The summed E-state index contributed by atoms with van der Waals surface area (Å²) in [5, 5.41) is 14.6. The monoisotopic (exact) mass is 1030 g/mol. The summed E-state index contributed by atoms with van der Waals surface area (Å²) in [6.07, 6.45) is 0. The van der Waals surface area contributed by atoms with Crippen molar-refractivity contribution in [2.24, 2.45) is 0 Å². The van der Waals surface area contributed by atoms with Gasteiger partial charge in [-0.1, -0.05) is 36.4 Å². The van der Waals surface area contributed by atoms with Gasteiger partial charge in [0.05, 0.1) is 64.9 Å². The van der Waals surface area contributed by atoms with E-state index >= 15 is 0 Å². The molecule has 336 valence electrons. The molecule has 0 unspecified atom stereocenters. The number of nitriles is 2. The van der Waals surface area contributed by atoms with E-state index in [1.807, 2.05) is 0 Å². The molecule has 0 radical (unpaired) electrons. The first-order valence-corrected chi connectivity index (χ1v) is 20.1. The van der Waals surface area contributed by atoms with Gasteiger partial charge in [0.1, 0.15) is 17.5 Å². The standard InChI is InChI=1S/C30H33N7.2C2H3N.2CHF3O3S.2FH.Sn/c1-4-35-25-16-10-7-13-22(25)31-28(35)19-34(20-29-32-23-14-8-11-17-26(23)36(29)5-2)21-30-33-24-15-9-12-18-27(24)37(30)6-3;2*1-2-3;2*2-1(3,4)8(5,6)7;;;/h7-18H,4-6,19-21H2,1-3H3;2*1H3;2*(H,5,6,7);2*1H;/q;;;;;;;+4/p-4. The van der Waals surface area contributed by atoms with Crippen LogP contribution in [0.3, 0.4) is 0 Å². The molecule has 26 heteroatoms. The van der Waals surface area contributed by atoms with Gasteiger partial charge in [-0.25, -0.2) is 31.8 Å². The molecule has 0 fully saturated rings. The SMILES string of the molecule is CC#N.CC#N.CCn1c(CN(Cc2nc3ccccc3n2CC)Cc2nc3ccccc3n2CC)nc2ccccc21.O=S(=O)([O-])C(F)(F)F.O=S(=O)([O-])C(F)(F)F.[F-].[F-].[Sn+4]. The van der Waals surface area contributed by atoms with Crippen LogP contribution in [0.2, 0.25) is 0 Å². The van der Waals surface area contributed by atoms with Crippen molar-refractivity contribution in [3.63, 3.8) is 0 Å². The molecule has 0 saturated heterocycles. The third-order valence-corrected chi connectivity index (χ3v) is 8.95. The third kappa shape index (κ3) is 16.1. The smallest absolute Gasteiger partial charge is 1.00 e. The number of aryl methyl sites for hydroxylation is 3. The first kappa shape index (κ1) is 59.2. The molecular weight excluding hydrogens is 989 g/mol. The van der Waals surface area contributed by atoms with E-state index in [0.717, 1.165) is 53.7 Å². The van der Waals surface area contributed by atoms with E-state index in [9.17, 15) is 26.3 Å². The zero-order chi connectivity index (χ0) is 44.8. The summed E-state index contributed by atoms with van der Waals surface area (Å²) in [7, 11) is -12.2. The second-order valence-electron chi connectivity index (χ2n) is 11.7. The fourth-order valence-electron chi connectivity index (χ4n) is 5.56. The summed E-state index contributed by atoms with van der Waals surface area (Å²) < 4.78 is 125. The molecule has 0 amide bonds. The second kappa shape index (κ2) is 25.9. The molecule has 6 rings (SSSR count). The molecule has 3 heterocycles. The molecular formula is C36H39F8N9O6S2Sn. The molecule has 0 spiro atoms. The summed E-state index contributed by atoms with van der Waals surface area (Å²) in [5.41, 5.74) is -4.62. The van der Waals surface area contributed by atoms with E-state index in [-0.39, 0.29) is 33.3 Å². The average molecular weight is 1030 g/mol. The number of fused-ring (bicyclic) bond motifs is 3. The van der Waals surface area contributed by atoms with Crippen molar-refractivity contribution in [3.8, 4) is 12.1 Å². The molecule has 0 atom stereocenters. The van der Waals surface area contributed by atoms with Gasteiger partial charge in [-0.3, -0.25) is 4.90 Å². The van der Waals surface area contributed by atoms with E-state index < -0.39 is 31.3 Å². The molecule has 0 aliphatic carbocycles. The Labute approximate surface area is 368 Å². The van der Waals surface area contributed by atoms with Crippen LogP contribution in [0.25, 0.3) is 33.1 Å². The Kier molecular flexibility index (Phi) is 24.7. The predicted octanol–water partition coefficient (Wildman–Crippen LogP) is 0.788. The quantitative estimate of drug-likeness (QED) is 0.0850. The Morgan fingerprint density at radius 3 is 0.935 bits per heavy atom. The number of hydrogen-bond donors (Lipinski definition) is 0. The number of para-hydroxylation sites is 6. The van der Waals surface area contributed by atoms with Crippen molar-refractivity contribution >= 4 is 77.2 Å². The minimum absolute atomic E-state index is 0. The summed E-state index contributed by atoms with van der Waals surface area (Å²) in [5.74, 6) is 3.21. The van der Waals surface area contributed by atoms with Crippen LogP contribution < -0.4 is 9.41 Å².